The molecule has 118 valence electrons. The van der Waals surface area contributed by atoms with Crippen LogP contribution in [-0.2, 0) is 6.54 Å². The molecule has 0 bridgehead atoms. The molecule has 1 amide bonds. The number of hydrogen-bond acceptors (Lipinski definition) is 3. The van der Waals surface area contributed by atoms with Crippen molar-refractivity contribution < 1.29 is 4.79 Å². The van der Waals surface area contributed by atoms with Gasteiger partial charge < -0.3 is 9.88 Å². The summed E-state index contributed by atoms with van der Waals surface area (Å²) < 4.78 is 1.93. The fourth-order valence-electron chi connectivity index (χ4n) is 3.36. The maximum Gasteiger partial charge on any atom is 0.256 e. The first-order valence-electron chi connectivity index (χ1n) is 7.94. The standard InChI is InChI=1S/C17H19N5O/c1-12-8-20-21(10-12)11-13-4-3-7-22(13)17(23)15-9-19-16-14(15)5-2-6-18-16/h2,5-6,8-10,13H,3-4,7,11H2,1H3,(H,18,19). The molecule has 1 saturated heterocycles. The van der Waals surface area contributed by atoms with Gasteiger partial charge >= 0.3 is 0 Å². The van der Waals surface area contributed by atoms with Crippen molar-refractivity contribution >= 4 is 16.9 Å². The topological polar surface area (TPSA) is 66.8 Å². The molecule has 1 aliphatic rings. The summed E-state index contributed by atoms with van der Waals surface area (Å²) in [6.07, 6.45) is 9.44. The normalized spacial score (nSPS) is 18.0. The average Bonchev–Trinajstić information content (AvgIpc) is 3.27. The number of carbonyl (C=O) groups is 1. The molecule has 6 nitrogen and oxygen atoms in total. The van der Waals surface area contributed by atoms with E-state index < -0.39 is 0 Å². The molecular weight excluding hydrogens is 290 g/mol. The SMILES string of the molecule is Cc1cnn(CC2CCCN2C(=O)c2c[nH]c3ncccc23)c1. The summed E-state index contributed by atoms with van der Waals surface area (Å²) in [5.41, 5.74) is 2.61. The zero-order chi connectivity index (χ0) is 15.8. The minimum Gasteiger partial charge on any atom is -0.345 e. The van der Waals surface area contributed by atoms with Gasteiger partial charge in [0.05, 0.1) is 24.3 Å². The first-order valence-corrected chi connectivity index (χ1v) is 7.94. The van der Waals surface area contributed by atoms with Crippen LogP contribution in [0.4, 0.5) is 0 Å². The Morgan fingerprint density at radius 3 is 3.22 bits per heavy atom. The monoisotopic (exact) mass is 309 g/mol. The Morgan fingerprint density at radius 1 is 1.48 bits per heavy atom. The molecule has 1 fully saturated rings. The van der Waals surface area contributed by atoms with Gasteiger partial charge in [-0.3, -0.25) is 9.48 Å². The fraction of sp³-hybridized carbons (Fsp3) is 0.353. The van der Waals surface area contributed by atoms with Crippen molar-refractivity contribution in [3.8, 4) is 0 Å². The zero-order valence-electron chi connectivity index (χ0n) is 13.1. The summed E-state index contributed by atoms with van der Waals surface area (Å²) in [4.78, 5) is 22.3. The molecule has 0 spiro atoms. The maximum atomic E-state index is 13.0. The van der Waals surface area contributed by atoms with Crippen LogP contribution in [0.5, 0.6) is 0 Å². The van der Waals surface area contributed by atoms with Gasteiger partial charge in [0, 0.05) is 30.5 Å². The van der Waals surface area contributed by atoms with Gasteiger partial charge in [-0.25, -0.2) is 4.98 Å². The lowest BCUT2D eigenvalue weighted by molar-refractivity contribution is 0.0723. The summed E-state index contributed by atoms with van der Waals surface area (Å²) in [6.45, 7) is 3.58. The maximum absolute atomic E-state index is 13.0. The highest BCUT2D eigenvalue weighted by atomic mass is 16.2. The summed E-state index contributed by atoms with van der Waals surface area (Å²) >= 11 is 0. The van der Waals surface area contributed by atoms with Crippen molar-refractivity contribution in [3.05, 3.63) is 48.0 Å². The van der Waals surface area contributed by atoms with E-state index >= 15 is 0 Å². The predicted octanol–water partition coefficient (Wildman–Crippen LogP) is 2.37. The minimum atomic E-state index is 0.0793. The number of carbonyl (C=O) groups excluding carboxylic acids is 1. The number of hydrogen-bond donors (Lipinski definition) is 1. The molecule has 1 N–H and O–H groups in total. The first kappa shape index (κ1) is 14.0. The van der Waals surface area contributed by atoms with Gasteiger partial charge in [0.15, 0.2) is 0 Å². The fourth-order valence-corrected chi connectivity index (χ4v) is 3.36. The van der Waals surface area contributed by atoms with Gasteiger partial charge in [0.2, 0.25) is 0 Å². The Balaban J connectivity index is 1.59. The Kier molecular flexibility index (Phi) is 3.37. The van der Waals surface area contributed by atoms with Crippen LogP contribution in [0.1, 0.15) is 28.8 Å². The van der Waals surface area contributed by atoms with Gasteiger partial charge in [0.1, 0.15) is 5.65 Å². The largest absolute Gasteiger partial charge is 0.345 e. The van der Waals surface area contributed by atoms with E-state index in [1.165, 1.54) is 0 Å². The van der Waals surface area contributed by atoms with Crippen LogP contribution < -0.4 is 0 Å². The number of likely N-dealkylation sites (tertiary alicyclic amines) is 1. The second kappa shape index (κ2) is 5.53. The summed E-state index contributed by atoms with van der Waals surface area (Å²) in [5.74, 6) is 0.0793. The third kappa shape index (κ3) is 2.50. The molecule has 0 aromatic carbocycles. The number of nitrogens with one attached hydrogen (secondary N) is 1. The molecule has 3 aromatic heterocycles. The van der Waals surface area contributed by atoms with E-state index in [0.717, 1.165) is 42.5 Å². The third-order valence-electron chi connectivity index (χ3n) is 4.48. The molecular formula is C17H19N5O. The van der Waals surface area contributed by atoms with Gasteiger partial charge in [-0.05, 0) is 37.5 Å². The molecule has 0 saturated carbocycles. The molecule has 0 radical (unpaired) electrons. The van der Waals surface area contributed by atoms with Crippen LogP contribution in [0, 0.1) is 6.92 Å². The molecule has 3 aromatic rings. The molecule has 1 atom stereocenters. The average molecular weight is 309 g/mol. The lowest BCUT2D eigenvalue weighted by Gasteiger charge is -2.24. The van der Waals surface area contributed by atoms with Crippen molar-refractivity contribution in [2.24, 2.45) is 0 Å². The smallest absolute Gasteiger partial charge is 0.256 e. The highest BCUT2D eigenvalue weighted by Crippen LogP contribution is 2.24. The van der Waals surface area contributed by atoms with Crippen molar-refractivity contribution in [2.75, 3.05) is 6.54 Å². The number of pyridine rings is 1. The van der Waals surface area contributed by atoms with Crippen LogP contribution >= 0.6 is 0 Å². The van der Waals surface area contributed by atoms with Gasteiger partial charge in [-0.2, -0.15) is 5.10 Å². The van der Waals surface area contributed by atoms with Crippen LogP contribution in [0.15, 0.2) is 36.9 Å². The van der Waals surface area contributed by atoms with Crippen LogP contribution in [0.2, 0.25) is 0 Å². The lowest BCUT2D eigenvalue weighted by atomic mass is 10.1. The molecule has 1 unspecified atom stereocenters. The number of fused-ring (bicyclic) bond motifs is 1. The van der Waals surface area contributed by atoms with E-state index in [4.69, 9.17) is 0 Å². The van der Waals surface area contributed by atoms with Crippen LogP contribution in [0.25, 0.3) is 11.0 Å². The molecule has 4 heterocycles. The van der Waals surface area contributed by atoms with Crippen molar-refractivity contribution in [3.63, 3.8) is 0 Å². The number of nitrogens with zero attached hydrogens (tertiary/aromatic N) is 4. The van der Waals surface area contributed by atoms with Gasteiger partial charge in [-0.1, -0.05) is 0 Å². The van der Waals surface area contributed by atoms with E-state index in [0.29, 0.717) is 5.56 Å². The summed E-state index contributed by atoms with van der Waals surface area (Å²) in [6, 6.07) is 4.00. The second-order valence-corrected chi connectivity index (χ2v) is 6.14. The Hall–Kier alpha value is -2.63. The first-order chi connectivity index (χ1) is 11.2. The number of aromatic amines is 1. The quantitative estimate of drug-likeness (QED) is 0.807. The van der Waals surface area contributed by atoms with Crippen molar-refractivity contribution in [2.45, 2.75) is 32.4 Å². The minimum absolute atomic E-state index is 0.0793. The predicted molar refractivity (Wildman–Crippen MR) is 87.1 cm³/mol. The van der Waals surface area contributed by atoms with E-state index in [2.05, 4.69) is 15.1 Å². The molecule has 1 aliphatic heterocycles. The van der Waals surface area contributed by atoms with Crippen LogP contribution in [-0.4, -0.2) is 43.1 Å². The molecule has 23 heavy (non-hydrogen) atoms. The third-order valence-corrected chi connectivity index (χ3v) is 4.48. The zero-order valence-corrected chi connectivity index (χ0v) is 13.1. The van der Waals surface area contributed by atoms with Crippen molar-refractivity contribution in [1.29, 1.82) is 0 Å². The highest BCUT2D eigenvalue weighted by Gasteiger charge is 2.31. The van der Waals surface area contributed by atoms with E-state index in [1.807, 2.05) is 41.0 Å². The van der Waals surface area contributed by atoms with Crippen LogP contribution in [0.3, 0.4) is 0 Å². The van der Waals surface area contributed by atoms with E-state index in [1.54, 1.807) is 12.4 Å². The van der Waals surface area contributed by atoms with Gasteiger partial charge in [0.25, 0.3) is 5.91 Å². The number of rotatable bonds is 3. The molecule has 6 heteroatoms. The van der Waals surface area contributed by atoms with Crippen molar-refractivity contribution in [1.82, 2.24) is 24.6 Å². The highest BCUT2D eigenvalue weighted by molar-refractivity contribution is 6.06. The number of aryl methyl sites for hydroxylation is 1. The Bertz CT molecular complexity index is 849. The van der Waals surface area contributed by atoms with E-state index in [9.17, 15) is 4.79 Å². The number of aromatic nitrogens is 4. The van der Waals surface area contributed by atoms with E-state index in [-0.39, 0.29) is 11.9 Å². The lowest BCUT2D eigenvalue weighted by Crippen LogP contribution is -2.38. The Morgan fingerprint density at radius 2 is 2.39 bits per heavy atom. The summed E-state index contributed by atoms with van der Waals surface area (Å²) in [7, 11) is 0. The number of H-pyrrole nitrogens is 1. The second-order valence-electron chi connectivity index (χ2n) is 6.14. The summed E-state index contributed by atoms with van der Waals surface area (Å²) in [5, 5.41) is 5.24. The molecule has 4 rings (SSSR count). The Labute approximate surface area is 134 Å². The number of amides is 1. The van der Waals surface area contributed by atoms with Gasteiger partial charge in [-0.15, -0.1) is 0 Å². The molecule has 0 aliphatic carbocycles.